The Morgan fingerprint density at radius 3 is 1.78 bits per heavy atom. The van der Waals surface area contributed by atoms with Crippen LogP contribution in [0.1, 0.15) is 0 Å². The van der Waals surface area contributed by atoms with Crippen LogP contribution in [0.5, 0.6) is 0 Å². The van der Waals surface area contributed by atoms with Crippen LogP contribution >= 0.6 is 0 Å². The molecular weight excluding hydrogens is 298 g/mol. The Bertz CT molecular complexity index is 709. The Hall–Kier alpha value is -3.55. The molecule has 0 saturated carbocycles. The third-order valence-corrected chi connectivity index (χ3v) is 2.44. The predicted molar refractivity (Wildman–Crippen MR) is 87.5 cm³/mol. The zero-order valence-corrected chi connectivity index (χ0v) is 12.1. The van der Waals surface area contributed by atoms with Crippen LogP contribution in [0.2, 0.25) is 0 Å². The molecule has 8 nitrogen and oxygen atoms in total. The number of rotatable bonds is 4. The van der Waals surface area contributed by atoms with Gasteiger partial charge in [-0.25, -0.2) is 0 Å². The first-order valence-corrected chi connectivity index (χ1v) is 6.36. The lowest BCUT2D eigenvalue weighted by Crippen LogP contribution is -2.04. The molecule has 0 aliphatic carbocycles. The largest absolute Gasteiger partial charge is 0.399 e. The van der Waals surface area contributed by atoms with Gasteiger partial charge in [0.25, 0.3) is 5.69 Å². The molecule has 2 rings (SSSR count). The van der Waals surface area contributed by atoms with Gasteiger partial charge in [0, 0.05) is 17.8 Å². The number of nitro benzene ring substituents is 1. The molecule has 1 amide bonds. The number of carbonyl (C=O) groups is 1. The van der Waals surface area contributed by atoms with Gasteiger partial charge in [-0.2, -0.15) is 10.2 Å². The standard InChI is InChI=1S/C12H10N4O2.C3H5NO/c13-9-1-3-10(4-2-9)14-15-11-5-7-12(8-6-11)16(17)18;1-2-3(4)5/h1-8H,13H2;2H,1H2,(H2,4,5). The maximum atomic E-state index is 10.5. The first-order chi connectivity index (χ1) is 10.9. The molecule has 2 aromatic rings. The monoisotopic (exact) mass is 313 g/mol. The Morgan fingerprint density at radius 1 is 1.04 bits per heavy atom. The lowest BCUT2D eigenvalue weighted by molar-refractivity contribution is -0.384. The van der Waals surface area contributed by atoms with E-state index in [1.807, 2.05) is 0 Å². The van der Waals surface area contributed by atoms with E-state index in [-0.39, 0.29) is 5.69 Å². The van der Waals surface area contributed by atoms with E-state index in [0.29, 0.717) is 17.1 Å². The number of anilines is 1. The molecule has 23 heavy (non-hydrogen) atoms. The fraction of sp³-hybridized carbons (Fsp3) is 0. The Morgan fingerprint density at radius 2 is 1.43 bits per heavy atom. The average molecular weight is 313 g/mol. The molecular formula is C15H15N5O3. The maximum Gasteiger partial charge on any atom is 0.269 e. The number of nitrogens with zero attached hydrogens (tertiary/aromatic N) is 3. The van der Waals surface area contributed by atoms with Crippen LogP contribution in [0.25, 0.3) is 0 Å². The smallest absolute Gasteiger partial charge is 0.269 e. The lowest BCUT2D eigenvalue weighted by Gasteiger charge is -1.94. The summed E-state index contributed by atoms with van der Waals surface area (Å²) in [5.74, 6) is -0.481. The molecule has 0 heterocycles. The van der Waals surface area contributed by atoms with Crippen LogP contribution in [-0.4, -0.2) is 10.8 Å². The minimum absolute atomic E-state index is 0.0291. The molecule has 0 bridgehead atoms. The van der Waals surface area contributed by atoms with Crippen LogP contribution < -0.4 is 11.5 Å². The van der Waals surface area contributed by atoms with Crippen molar-refractivity contribution in [3.63, 3.8) is 0 Å². The zero-order valence-electron chi connectivity index (χ0n) is 12.1. The van der Waals surface area contributed by atoms with E-state index in [9.17, 15) is 14.9 Å². The first kappa shape index (κ1) is 17.5. The number of non-ortho nitro benzene ring substituents is 1. The van der Waals surface area contributed by atoms with Crippen molar-refractivity contribution >= 4 is 28.7 Å². The van der Waals surface area contributed by atoms with Crippen molar-refractivity contribution in [2.45, 2.75) is 0 Å². The summed E-state index contributed by atoms with van der Waals surface area (Å²) in [5, 5.41) is 18.4. The molecule has 0 aliphatic heterocycles. The van der Waals surface area contributed by atoms with Crippen molar-refractivity contribution in [1.82, 2.24) is 0 Å². The summed E-state index contributed by atoms with van der Waals surface area (Å²) >= 11 is 0. The highest BCUT2D eigenvalue weighted by molar-refractivity contribution is 5.84. The van der Waals surface area contributed by atoms with Gasteiger partial charge in [-0.3, -0.25) is 14.9 Å². The van der Waals surface area contributed by atoms with E-state index in [2.05, 4.69) is 22.5 Å². The number of hydrogen-bond acceptors (Lipinski definition) is 6. The second-order valence-corrected chi connectivity index (χ2v) is 4.17. The van der Waals surface area contributed by atoms with Gasteiger partial charge in [0.2, 0.25) is 5.91 Å². The fourth-order valence-corrected chi connectivity index (χ4v) is 1.30. The number of hydrogen-bond donors (Lipinski definition) is 2. The van der Waals surface area contributed by atoms with E-state index >= 15 is 0 Å². The van der Waals surface area contributed by atoms with Gasteiger partial charge < -0.3 is 11.5 Å². The van der Waals surface area contributed by atoms with E-state index in [4.69, 9.17) is 5.73 Å². The summed E-state index contributed by atoms with van der Waals surface area (Å²) < 4.78 is 0. The predicted octanol–water partition coefficient (Wildman–Crippen LogP) is 3.25. The Kier molecular flexibility index (Phi) is 6.60. The number of primary amides is 1. The molecule has 0 spiro atoms. The van der Waals surface area contributed by atoms with Gasteiger partial charge in [-0.1, -0.05) is 6.58 Å². The Balaban J connectivity index is 0.000000463. The van der Waals surface area contributed by atoms with Gasteiger partial charge in [0.15, 0.2) is 0 Å². The van der Waals surface area contributed by atoms with Gasteiger partial charge in [-0.05, 0) is 42.5 Å². The molecule has 4 N–H and O–H groups in total. The molecule has 0 aliphatic rings. The number of carbonyl (C=O) groups excluding carboxylic acids is 1. The Labute approximate surface area is 132 Å². The summed E-state index contributed by atoms with van der Waals surface area (Å²) in [6, 6.07) is 12.8. The molecule has 8 heteroatoms. The normalized spacial score (nSPS) is 9.74. The van der Waals surface area contributed by atoms with Crippen molar-refractivity contribution in [2.75, 3.05) is 5.73 Å². The number of benzene rings is 2. The number of nitrogen functional groups attached to an aromatic ring is 1. The third-order valence-electron chi connectivity index (χ3n) is 2.44. The van der Waals surface area contributed by atoms with E-state index in [1.165, 1.54) is 12.1 Å². The zero-order chi connectivity index (χ0) is 17.2. The second-order valence-electron chi connectivity index (χ2n) is 4.17. The van der Waals surface area contributed by atoms with Crippen molar-refractivity contribution < 1.29 is 9.72 Å². The fourth-order valence-electron chi connectivity index (χ4n) is 1.30. The third kappa shape index (κ3) is 6.63. The van der Waals surface area contributed by atoms with Gasteiger partial charge in [0.05, 0.1) is 16.3 Å². The second kappa shape index (κ2) is 8.67. The number of nitrogens with two attached hydrogens (primary N) is 2. The van der Waals surface area contributed by atoms with Gasteiger partial charge in [-0.15, -0.1) is 0 Å². The summed E-state index contributed by atoms with van der Waals surface area (Å²) in [6.07, 6.45) is 1.06. The minimum Gasteiger partial charge on any atom is -0.399 e. The number of amides is 1. The lowest BCUT2D eigenvalue weighted by atomic mass is 10.3. The molecule has 0 saturated heterocycles. The quantitative estimate of drug-likeness (QED) is 0.294. The van der Waals surface area contributed by atoms with E-state index in [1.54, 1.807) is 36.4 Å². The van der Waals surface area contributed by atoms with Gasteiger partial charge in [0.1, 0.15) is 0 Å². The SMILES string of the molecule is C=CC(N)=O.Nc1ccc(N=Nc2ccc([N+](=O)[O-])cc2)cc1. The first-order valence-electron chi connectivity index (χ1n) is 6.36. The van der Waals surface area contributed by atoms with Crippen molar-refractivity contribution in [1.29, 1.82) is 0 Å². The average Bonchev–Trinajstić information content (AvgIpc) is 2.55. The van der Waals surface area contributed by atoms with Crippen LogP contribution in [0.3, 0.4) is 0 Å². The summed E-state index contributed by atoms with van der Waals surface area (Å²) in [5.41, 5.74) is 12.0. The summed E-state index contributed by atoms with van der Waals surface area (Å²) in [6.45, 7) is 3.09. The molecule has 2 aromatic carbocycles. The van der Waals surface area contributed by atoms with Crippen molar-refractivity contribution in [2.24, 2.45) is 16.0 Å². The minimum atomic E-state index is -0.481. The van der Waals surface area contributed by atoms with Crippen molar-refractivity contribution in [3.05, 3.63) is 71.3 Å². The van der Waals surface area contributed by atoms with Crippen molar-refractivity contribution in [3.8, 4) is 0 Å². The molecule has 0 unspecified atom stereocenters. The molecule has 0 aromatic heterocycles. The molecule has 0 atom stereocenters. The highest BCUT2D eigenvalue weighted by atomic mass is 16.6. The highest BCUT2D eigenvalue weighted by Gasteiger charge is 2.02. The van der Waals surface area contributed by atoms with Crippen LogP contribution in [0.4, 0.5) is 22.7 Å². The number of nitro groups is 1. The van der Waals surface area contributed by atoms with Crippen LogP contribution in [0, 0.1) is 10.1 Å². The highest BCUT2D eigenvalue weighted by Crippen LogP contribution is 2.21. The topological polar surface area (TPSA) is 137 Å². The molecule has 0 radical (unpaired) electrons. The maximum absolute atomic E-state index is 10.5. The summed E-state index contributed by atoms with van der Waals surface area (Å²) in [7, 11) is 0. The van der Waals surface area contributed by atoms with Crippen LogP contribution in [-0.2, 0) is 4.79 Å². The van der Waals surface area contributed by atoms with Crippen LogP contribution in [0.15, 0.2) is 71.4 Å². The van der Waals surface area contributed by atoms with Gasteiger partial charge >= 0.3 is 0 Å². The number of azo groups is 1. The molecule has 0 fully saturated rings. The van der Waals surface area contributed by atoms with E-state index < -0.39 is 10.8 Å². The molecule has 118 valence electrons. The van der Waals surface area contributed by atoms with E-state index in [0.717, 1.165) is 6.08 Å². The summed E-state index contributed by atoms with van der Waals surface area (Å²) in [4.78, 5) is 19.5.